The number of hydrogen-bond acceptors (Lipinski definition) is 3. The number of rotatable bonds is 8. The molecule has 0 aromatic heterocycles. The maximum Gasteiger partial charge on any atom is 0.243 e. The van der Waals surface area contributed by atoms with E-state index >= 15 is 0 Å². The molecule has 1 fully saturated rings. The first-order chi connectivity index (χ1) is 10.0. The fourth-order valence-corrected chi connectivity index (χ4v) is 1.61. The zero-order valence-electron chi connectivity index (χ0n) is 13.2. The Morgan fingerprint density at radius 3 is 2.52 bits per heavy atom. The average Bonchev–Trinajstić information content (AvgIpc) is 3.23. The average molecular weight is 297 g/mol. The van der Waals surface area contributed by atoms with E-state index in [0.717, 1.165) is 25.8 Å². The number of nitrogens with zero attached hydrogens (tertiary/aromatic N) is 2. The van der Waals surface area contributed by atoms with Gasteiger partial charge in [0.25, 0.3) is 0 Å². The van der Waals surface area contributed by atoms with Crippen LogP contribution in [-0.4, -0.2) is 62.4 Å². The lowest BCUT2D eigenvalue weighted by Gasteiger charge is -2.12. The third-order valence-electron chi connectivity index (χ3n) is 3.03. The van der Waals surface area contributed by atoms with Gasteiger partial charge >= 0.3 is 0 Å². The molecule has 120 valence electrons. The van der Waals surface area contributed by atoms with E-state index in [4.69, 9.17) is 0 Å². The van der Waals surface area contributed by atoms with Gasteiger partial charge in [0.2, 0.25) is 11.8 Å². The van der Waals surface area contributed by atoms with Crippen LogP contribution in [-0.2, 0) is 9.59 Å². The molecule has 1 aliphatic rings. The van der Waals surface area contributed by atoms with Crippen molar-refractivity contribution in [2.45, 2.75) is 38.6 Å². The van der Waals surface area contributed by atoms with Gasteiger partial charge in [-0.1, -0.05) is 0 Å². The molecule has 0 radical (unpaired) electrons. The van der Waals surface area contributed by atoms with Crippen LogP contribution in [0.4, 0.5) is 0 Å². The molecule has 7 nitrogen and oxygen atoms in total. The molecule has 0 heterocycles. The van der Waals surface area contributed by atoms with Crippen molar-refractivity contribution in [3.05, 3.63) is 0 Å². The first-order valence-electron chi connectivity index (χ1n) is 7.54. The van der Waals surface area contributed by atoms with E-state index < -0.39 is 0 Å². The topological polar surface area (TPSA) is 85.8 Å². The van der Waals surface area contributed by atoms with Crippen molar-refractivity contribution in [1.82, 2.24) is 20.9 Å². The number of aliphatic imine (C=N–C) groups is 1. The molecule has 0 unspecified atom stereocenters. The van der Waals surface area contributed by atoms with Crippen molar-refractivity contribution in [2.75, 3.05) is 33.7 Å². The van der Waals surface area contributed by atoms with Gasteiger partial charge in [-0.3, -0.25) is 9.59 Å². The largest absolute Gasteiger partial charge is 0.357 e. The van der Waals surface area contributed by atoms with Crippen LogP contribution in [0.1, 0.15) is 32.6 Å². The van der Waals surface area contributed by atoms with E-state index in [1.165, 1.54) is 4.90 Å². The Balaban J connectivity index is 2.21. The standard InChI is InChI=1S/C14H27N5O2/c1-4-15-14(17-10-13(21)19(2)3)16-9-5-6-12(20)18-11-7-8-11/h11H,4-10H2,1-3H3,(H,18,20)(H2,15,16,17). The van der Waals surface area contributed by atoms with Gasteiger partial charge in [-0.2, -0.15) is 0 Å². The Labute approximate surface area is 126 Å². The summed E-state index contributed by atoms with van der Waals surface area (Å²) >= 11 is 0. The smallest absolute Gasteiger partial charge is 0.243 e. The predicted octanol–water partition coefficient (Wildman–Crippen LogP) is -0.311. The van der Waals surface area contributed by atoms with Crippen molar-refractivity contribution in [2.24, 2.45) is 4.99 Å². The van der Waals surface area contributed by atoms with E-state index in [0.29, 0.717) is 25.0 Å². The summed E-state index contributed by atoms with van der Waals surface area (Å²) in [5.41, 5.74) is 0. The van der Waals surface area contributed by atoms with Crippen LogP contribution in [0.15, 0.2) is 4.99 Å². The number of nitrogens with one attached hydrogen (secondary N) is 3. The molecule has 0 aliphatic heterocycles. The van der Waals surface area contributed by atoms with Crippen molar-refractivity contribution >= 4 is 17.8 Å². The van der Waals surface area contributed by atoms with Crippen molar-refractivity contribution in [1.29, 1.82) is 0 Å². The molecule has 7 heteroatoms. The Morgan fingerprint density at radius 1 is 1.24 bits per heavy atom. The normalized spacial score (nSPS) is 14.5. The van der Waals surface area contributed by atoms with Crippen LogP contribution in [0, 0.1) is 0 Å². The van der Waals surface area contributed by atoms with Crippen molar-refractivity contribution in [3.8, 4) is 0 Å². The lowest BCUT2D eigenvalue weighted by Crippen LogP contribution is -2.39. The van der Waals surface area contributed by atoms with Crippen LogP contribution in [0.2, 0.25) is 0 Å². The van der Waals surface area contributed by atoms with Gasteiger partial charge in [0.15, 0.2) is 5.96 Å². The highest BCUT2D eigenvalue weighted by molar-refractivity contribution is 5.84. The zero-order valence-corrected chi connectivity index (χ0v) is 13.2. The highest BCUT2D eigenvalue weighted by Gasteiger charge is 2.22. The molecule has 0 atom stereocenters. The highest BCUT2D eigenvalue weighted by atomic mass is 16.2. The maximum atomic E-state index is 11.5. The monoisotopic (exact) mass is 297 g/mol. The van der Waals surface area contributed by atoms with Gasteiger partial charge in [0, 0.05) is 39.6 Å². The van der Waals surface area contributed by atoms with Gasteiger partial charge in [-0.25, -0.2) is 4.99 Å². The summed E-state index contributed by atoms with van der Waals surface area (Å²) in [6, 6.07) is 0.418. The lowest BCUT2D eigenvalue weighted by atomic mass is 10.3. The number of carbonyl (C=O) groups is 2. The van der Waals surface area contributed by atoms with E-state index in [9.17, 15) is 9.59 Å². The second-order valence-corrected chi connectivity index (χ2v) is 5.36. The van der Waals surface area contributed by atoms with Crippen LogP contribution in [0.25, 0.3) is 0 Å². The second-order valence-electron chi connectivity index (χ2n) is 5.36. The third-order valence-corrected chi connectivity index (χ3v) is 3.03. The van der Waals surface area contributed by atoms with Gasteiger partial charge in [-0.15, -0.1) is 0 Å². The fraction of sp³-hybridized carbons (Fsp3) is 0.786. The quantitative estimate of drug-likeness (QED) is 0.326. The molecule has 21 heavy (non-hydrogen) atoms. The van der Waals surface area contributed by atoms with Gasteiger partial charge < -0.3 is 20.9 Å². The predicted molar refractivity (Wildman–Crippen MR) is 83.1 cm³/mol. The first-order valence-corrected chi connectivity index (χ1v) is 7.54. The minimum atomic E-state index is -0.0454. The molecule has 0 spiro atoms. The number of carbonyl (C=O) groups excluding carboxylic acids is 2. The van der Waals surface area contributed by atoms with E-state index in [1.54, 1.807) is 14.1 Å². The fourth-order valence-electron chi connectivity index (χ4n) is 1.61. The SMILES string of the molecule is CCNC(=NCC(=O)N(C)C)NCCCC(=O)NC1CC1. The molecule has 0 bridgehead atoms. The highest BCUT2D eigenvalue weighted by Crippen LogP contribution is 2.18. The van der Waals surface area contributed by atoms with Crippen LogP contribution in [0.5, 0.6) is 0 Å². The molecule has 2 amide bonds. The summed E-state index contributed by atoms with van der Waals surface area (Å²) in [5, 5.41) is 9.16. The Bertz CT molecular complexity index is 378. The maximum absolute atomic E-state index is 11.5. The Morgan fingerprint density at radius 2 is 1.95 bits per heavy atom. The summed E-state index contributed by atoms with van der Waals surface area (Å²) in [6.45, 7) is 3.46. The minimum Gasteiger partial charge on any atom is -0.357 e. The molecular formula is C14H27N5O2. The molecule has 0 aromatic rings. The summed E-state index contributed by atoms with van der Waals surface area (Å²) in [5.74, 6) is 0.676. The first kappa shape index (κ1) is 17.3. The summed E-state index contributed by atoms with van der Waals surface area (Å²) < 4.78 is 0. The third kappa shape index (κ3) is 8.16. The minimum absolute atomic E-state index is 0.0454. The number of likely N-dealkylation sites (N-methyl/N-ethyl adjacent to an activating group) is 1. The number of hydrogen-bond donors (Lipinski definition) is 3. The summed E-state index contributed by atoms with van der Waals surface area (Å²) in [7, 11) is 3.41. The second kappa shape index (κ2) is 9.20. The molecule has 0 saturated heterocycles. The molecule has 1 aliphatic carbocycles. The van der Waals surface area contributed by atoms with Crippen molar-refractivity contribution in [3.63, 3.8) is 0 Å². The van der Waals surface area contributed by atoms with Crippen molar-refractivity contribution < 1.29 is 9.59 Å². The Hall–Kier alpha value is -1.79. The Kier molecular flexibility index (Phi) is 7.56. The van der Waals surface area contributed by atoms with Crippen LogP contribution < -0.4 is 16.0 Å². The number of amides is 2. The van der Waals surface area contributed by atoms with Gasteiger partial charge in [-0.05, 0) is 26.2 Å². The van der Waals surface area contributed by atoms with Gasteiger partial charge in [0.05, 0.1) is 0 Å². The van der Waals surface area contributed by atoms with Crippen LogP contribution in [0.3, 0.4) is 0 Å². The van der Waals surface area contributed by atoms with E-state index in [1.807, 2.05) is 6.92 Å². The molecule has 3 N–H and O–H groups in total. The number of guanidine groups is 1. The van der Waals surface area contributed by atoms with Gasteiger partial charge in [0.1, 0.15) is 6.54 Å². The molecule has 0 aromatic carbocycles. The van der Waals surface area contributed by atoms with E-state index in [2.05, 4.69) is 20.9 Å². The van der Waals surface area contributed by atoms with Crippen LogP contribution >= 0.6 is 0 Å². The molecule has 1 rings (SSSR count). The summed E-state index contributed by atoms with van der Waals surface area (Å²) in [6.07, 6.45) is 3.48. The zero-order chi connectivity index (χ0) is 15.7. The van der Waals surface area contributed by atoms with E-state index in [-0.39, 0.29) is 18.4 Å². The molecule has 1 saturated carbocycles. The lowest BCUT2D eigenvalue weighted by molar-refractivity contribution is -0.127. The summed E-state index contributed by atoms with van der Waals surface area (Å²) in [4.78, 5) is 28.7. The molecular weight excluding hydrogens is 270 g/mol.